The first-order chi connectivity index (χ1) is 44.8. The molecule has 15 saturated carbocycles. The summed E-state index contributed by atoms with van der Waals surface area (Å²) in [7, 11) is 0. The fraction of sp³-hybridized carbons (Fsp3) is 1.00. The maximum absolute atomic E-state index is 3.67. The molecule has 4 heterocycles. The van der Waals surface area contributed by atoms with Crippen LogP contribution in [0.5, 0.6) is 0 Å². The van der Waals surface area contributed by atoms with Gasteiger partial charge in [-0.2, -0.15) is 11.8 Å². The van der Waals surface area contributed by atoms with Crippen molar-refractivity contribution in [3.63, 3.8) is 0 Å². The van der Waals surface area contributed by atoms with Gasteiger partial charge in [-0.1, -0.05) is 181 Å². The van der Waals surface area contributed by atoms with E-state index in [0.717, 1.165) is 196 Å². The molecular weight excluding hydrogens is 1120 g/mol. The van der Waals surface area contributed by atoms with Gasteiger partial charge in [-0.25, -0.2) is 0 Å². The monoisotopic (exact) mass is 1260 g/mol. The molecule has 15 aliphatic carbocycles. The highest BCUT2D eigenvalue weighted by Crippen LogP contribution is 2.73. The molecule has 19 aliphatic rings. The average Bonchev–Trinajstić information content (AvgIpc) is 0.698. The van der Waals surface area contributed by atoms with Gasteiger partial charge in [0.05, 0.1) is 0 Å². The third kappa shape index (κ3) is 10.6. The normalized spacial score (nSPS) is 50.5. The molecule has 0 aromatic heterocycles. The lowest BCUT2D eigenvalue weighted by Gasteiger charge is -2.72. The standard InChI is InChI=1S/C84H138B2N4S/c1-84(2,3)55-47-75-82-76(48-55)90(60-34-17-8-18-35-60)74-52-78-71(51-70(74)85(82)68-40-19-20-41-72(68)88(75)58-30-13-6-14-31-58)86-69-46-54(62-43-44-67-65-37-22-25-53-24-21-36-64(80(53)65)66-39-23-38-63(62)81(66)67)42-45-73(69)89(59-32-15-7-16-33-59)77-49-61(50-79(91-78)83(77)86)87(56-26-9-4-10-27-56)57-28-11-5-12-29-57/h53-83H,4-52H2,1-3H3/t53-,54?,55+,61?,62-,63?,64?,65-,66?,67?,68?,69+,70+,71-,72+,73?,74?,75-,76+,77?,78?,79?,80?,81?,82?,83+/m0/s1. The van der Waals surface area contributed by atoms with E-state index in [2.05, 4.69) is 52.1 Å². The van der Waals surface area contributed by atoms with Crippen LogP contribution in [-0.4, -0.2) is 116 Å². The molecule has 506 valence electrons. The van der Waals surface area contributed by atoms with Gasteiger partial charge in [0.2, 0.25) is 0 Å². The molecule has 4 nitrogen and oxygen atoms in total. The van der Waals surface area contributed by atoms with Crippen LogP contribution in [0.4, 0.5) is 0 Å². The molecule has 15 unspecified atom stereocenters. The van der Waals surface area contributed by atoms with Gasteiger partial charge in [-0.05, 0) is 260 Å². The highest BCUT2D eigenvalue weighted by Gasteiger charge is 2.71. The summed E-state index contributed by atoms with van der Waals surface area (Å²) in [5, 5.41) is 1.81. The Morgan fingerprint density at radius 1 is 0.297 bits per heavy atom. The minimum absolute atomic E-state index is 0.396. The third-order valence-electron chi connectivity index (χ3n) is 36.1. The predicted octanol–water partition coefficient (Wildman–Crippen LogP) is 21.5. The molecule has 0 N–H and O–H groups in total. The molecule has 0 aromatic rings. The average molecular weight is 1260 g/mol. The number of rotatable bonds is 7. The summed E-state index contributed by atoms with van der Waals surface area (Å²) in [6.45, 7) is 10.2. The number of thioether (sulfide) groups is 1. The van der Waals surface area contributed by atoms with Gasteiger partial charge in [0.25, 0.3) is 0 Å². The molecule has 0 amide bonds. The zero-order valence-corrected chi connectivity index (χ0v) is 60.2. The van der Waals surface area contributed by atoms with Gasteiger partial charge < -0.3 is 0 Å². The lowest BCUT2D eigenvalue weighted by Crippen LogP contribution is -2.76. The number of nitrogens with zero attached hydrogens (tertiary/aromatic N) is 4. The van der Waals surface area contributed by atoms with Crippen molar-refractivity contribution in [3.8, 4) is 0 Å². The first-order valence-corrected chi connectivity index (χ1v) is 44.5. The maximum atomic E-state index is 3.67. The zero-order chi connectivity index (χ0) is 60.2. The first-order valence-electron chi connectivity index (χ1n) is 43.6. The topological polar surface area (TPSA) is 13.0 Å². The van der Waals surface area contributed by atoms with Crippen LogP contribution in [0.15, 0.2) is 0 Å². The second kappa shape index (κ2) is 25.7. The number of fused-ring (bicyclic) bond motifs is 10. The Bertz CT molecular complexity index is 2430. The molecule has 19 rings (SSSR count). The van der Waals surface area contributed by atoms with Crippen LogP contribution in [0.25, 0.3) is 0 Å². The summed E-state index contributed by atoms with van der Waals surface area (Å²) < 4.78 is 0. The Morgan fingerprint density at radius 3 is 1.37 bits per heavy atom. The first kappa shape index (κ1) is 62.3. The van der Waals surface area contributed by atoms with E-state index in [1.807, 2.05) is 0 Å². The van der Waals surface area contributed by atoms with Crippen LogP contribution in [-0.2, 0) is 0 Å². The lowest BCUT2D eigenvalue weighted by atomic mass is 9.15. The van der Waals surface area contributed by atoms with Crippen molar-refractivity contribution in [2.45, 2.75) is 453 Å². The van der Waals surface area contributed by atoms with Gasteiger partial charge >= 0.3 is 0 Å². The summed E-state index contributed by atoms with van der Waals surface area (Å²) >= 11 is 2.84. The molecule has 0 bridgehead atoms. The third-order valence-corrected chi connectivity index (χ3v) is 37.8. The second-order valence-corrected chi connectivity index (χ2v) is 41.6. The SMILES string of the molecule is CC(C)(C)[C@H]1C[C@@H]2C3B(C4CCCC[C@H]4N(C4CCCCC4)[C@H]3C1)[C@@H]1C[C@@H]3B4[C@H]5C(CC(N(C6CCCCC6)C6CCCCC6)CC5N(C5CCCCC5)C5CCC([C@@H]6CCC7C8C(CCCC86)C6CCC[C@H]8CCC[C@@H]7C68)C[C@@H]45)SC3CC1N2C1CCCCC1. The van der Waals surface area contributed by atoms with Gasteiger partial charge in [0.1, 0.15) is 0 Å². The molecule has 0 spiro atoms. The van der Waals surface area contributed by atoms with E-state index in [0.29, 0.717) is 5.41 Å². The van der Waals surface area contributed by atoms with Crippen molar-refractivity contribution in [2.75, 3.05) is 0 Å². The minimum atomic E-state index is 0.396. The van der Waals surface area contributed by atoms with E-state index in [-0.39, 0.29) is 0 Å². The fourth-order valence-electron chi connectivity index (χ4n) is 33.5. The molecule has 0 radical (unpaired) electrons. The van der Waals surface area contributed by atoms with E-state index in [9.17, 15) is 0 Å². The summed E-state index contributed by atoms with van der Waals surface area (Å²) in [6, 6.07) is 10.4. The minimum Gasteiger partial charge on any atom is -0.295 e. The highest BCUT2D eigenvalue weighted by atomic mass is 32.2. The van der Waals surface area contributed by atoms with Crippen molar-refractivity contribution in [3.05, 3.63) is 0 Å². The van der Waals surface area contributed by atoms with Crippen LogP contribution in [0, 0.1) is 70.5 Å². The van der Waals surface area contributed by atoms with Crippen molar-refractivity contribution < 1.29 is 0 Å². The van der Waals surface area contributed by atoms with Crippen LogP contribution < -0.4 is 0 Å². The molecule has 4 saturated heterocycles. The van der Waals surface area contributed by atoms with Crippen molar-refractivity contribution in [1.82, 2.24) is 19.6 Å². The van der Waals surface area contributed by atoms with Crippen LogP contribution in [0.3, 0.4) is 0 Å². The second-order valence-electron chi connectivity index (χ2n) is 40.1. The summed E-state index contributed by atoms with van der Waals surface area (Å²) in [5.41, 5.74) is 0.396. The van der Waals surface area contributed by atoms with Crippen LogP contribution in [0.1, 0.15) is 335 Å². The molecule has 26 atom stereocenters. The summed E-state index contributed by atoms with van der Waals surface area (Å²) in [5.74, 6) is 17.8. The largest absolute Gasteiger partial charge is 0.295 e. The molecule has 7 heteroatoms. The highest BCUT2D eigenvalue weighted by molar-refractivity contribution is 8.00. The Balaban J connectivity index is 0.724. The van der Waals surface area contributed by atoms with Gasteiger partial charge in [-0.3, -0.25) is 19.6 Å². The molecule has 91 heavy (non-hydrogen) atoms. The van der Waals surface area contributed by atoms with Gasteiger partial charge in [0, 0.05) is 83.0 Å². The Labute approximate surface area is 565 Å². The number of hydrogen-bond donors (Lipinski definition) is 0. The summed E-state index contributed by atoms with van der Waals surface area (Å²) in [6.07, 6.45) is 76.7. The van der Waals surface area contributed by atoms with E-state index < -0.39 is 0 Å². The lowest BCUT2D eigenvalue weighted by molar-refractivity contribution is -0.157. The van der Waals surface area contributed by atoms with Gasteiger partial charge in [0.15, 0.2) is 13.4 Å². The molecule has 19 fully saturated rings. The molecule has 4 aliphatic heterocycles. The number of hydrogen-bond acceptors (Lipinski definition) is 5. The predicted molar refractivity (Wildman–Crippen MR) is 386 cm³/mol. The van der Waals surface area contributed by atoms with Crippen molar-refractivity contribution in [2.24, 2.45) is 70.5 Å². The van der Waals surface area contributed by atoms with Crippen molar-refractivity contribution >= 4 is 25.2 Å². The van der Waals surface area contributed by atoms with Crippen molar-refractivity contribution in [1.29, 1.82) is 0 Å². The van der Waals surface area contributed by atoms with Gasteiger partial charge in [-0.15, -0.1) is 0 Å². The summed E-state index contributed by atoms with van der Waals surface area (Å²) in [4.78, 5) is 14.4. The van der Waals surface area contributed by atoms with E-state index in [4.69, 9.17) is 0 Å². The Hall–Kier alpha value is 0.320. The van der Waals surface area contributed by atoms with Crippen LogP contribution in [0.2, 0.25) is 34.9 Å². The molecule has 0 aromatic carbocycles. The zero-order valence-electron chi connectivity index (χ0n) is 59.4. The fourth-order valence-corrected chi connectivity index (χ4v) is 35.7. The molecular formula is C84H138B2N4S. The quantitative estimate of drug-likeness (QED) is 0.235. The Kier molecular flexibility index (Phi) is 17.6. The maximum Gasteiger partial charge on any atom is 0.156 e. The van der Waals surface area contributed by atoms with Crippen LogP contribution >= 0.6 is 11.8 Å². The Morgan fingerprint density at radius 2 is 0.769 bits per heavy atom. The van der Waals surface area contributed by atoms with E-state index >= 15 is 0 Å². The van der Waals surface area contributed by atoms with E-state index in [1.54, 1.807) is 161 Å². The smallest absolute Gasteiger partial charge is 0.156 e. The van der Waals surface area contributed by atoms with E-state index in [1.165, 1.54) is 154 Å².